The van der Waals surface area contributed by atoms with Gasteiger partial charge in [0.25, 0.3) is 11.8 Å². The second kappa shape index (κ2) is 10.1. The Morgan fingerprint density at radius 1 is 0.871 bits per heavy atom. The largest absolute Gasteiger partial charge is 0.348 e. The molecule has 0 radical (unpaired) electrons. The van der Waals surface area contributed by atoms with Crippen molar-refractivity contribution in [2.75, 3.05) is 33.2 Å². The molecule has 1 aliphatic heterocycles. The van der Waals surface area contributed by atoms with Crippen molar-refractivity contribution in [3.8, 4) is 0 Å². The summed E-state index contributed by atoms with van der Waals surface area (Å²) in [6, 6.07) is 15.2. The normalized spacial score (nSPS) is 15.5. The van der Waals surface area contributed by atoms with Gasteiger partial charge in [-0.2, -0.15) is 0 Å². The number of hydrogen-bond acceptors (Lipinski definition) is 4. The highest BCUT2D eigenvalue weighted by Gasteiger charge is 2.16. The molecule has 0 unspecified atom stereocenters. The van der Waals surface area contributed by atoms with Gasteiger partial charge in [0.05, 0.1) is 0 Å². The summed E-state index contributed by atoms with van der Waals surface area (Å²) in [4.78, 5) is 29.6. The van der Waals surface area contributed by atoms with Crippen molar-refractivity contribution in [1.82, 2.24) is 20.4 Å². The zero-order chi connectivity index (χ0) is 22.4. The second-order valence-corrected chi connectivity index (χ2v) is 9.36. The highest BCUT2D eigenvalue weighted by Crippen LogP contribution is 2.11. The Morgan fingerprint density at radius 3 is 2.06 bits per heavy atom. The number of nitrogens with one attached hydrogen (secondary N) is 2. The lowest BCUT2D eigenvalue weighted by atomic mass is 10.1. The average Bonchev–Trinajstić information content (AvgIpc) is 2.73. The molecule has 3 rings (SSSR count). The van der Waals surface area contributed by atoms with E-state index in [1.165, 1.54) is 5.56 Å². The molecule has 1 aliphatic rings. The molecule has 0 saturated carbocycles. The van der Waals surface area contributed by atoms with E-state index in [0.717, 1.165) is 38.3 Å². The Kier molecular flexibility index (Phi) is 7.46. The number of amides is 2. The van der Waals surface area contributed by atoms with Gasteiger partial charge in [-0.3, -0.25) is 14.5 Å². The fourth-order valence-corrected chi connectivity index (χ4v) is 3.57. The lowest BCUT2D eigenvalue weighted by Gasteiger charge is -2.32. The van der Waals surface area contributed by atoms with Crippen LogP contribution in [0.3, 0.4) is 0 Å². The van der Waals surface area contributed by atoms with Crippen LogP contribution in [-0.4, -0.2) is 60.4 Å². The van der Waals surface area contributed by atoms with Crippen LogP contribution in [0.15, 0.2) is 48.5 Å². The third kappa shape index (κ3) is 7.19. The van der Waals surface area contributed by atoms with Crippen LogP contribution < -0.4 is 10.6 Å². The number of benzene rings is 2. The maximum absolute atomic E-state index is 12.5. The predicted octanol–water partition coefficient (Wildman–Crippen LogP) is 2.89. The Hall–Kier alpha value is -2.70. The standard InChI is InChI=1S/C25H34N4O2/c1-25(2,3)27-24(31)22-10-8-21(9-11-22)23(30)26-17-19-6-5-7-20(16-19)18-29-14-12-28(4)13-15-29/h5-11,16H,12-15,17-18H2,1-4H3,(H,26,30)(H,27,31). The topological polar surface area (TPSA) is 64.7 Å². The summed E-state index contributed by atoms with van der Waals surface area (Å²) in [7, 11) is 2.16. The lowest BCUT2D eigenvalue weighted by Crippen LogP contribution is -2.43. The highest BCUT2D eigenvalue weighted by molar-refractivity contribution is 5.98. The van der Waals surface area contributed by atoms with E-state index in [2.05, 4.69) is 45.7 Å². The molecular formula is C25H34N4O2. The summed E-state index contributed by atoms with van der Waals surface area (Å²) in [5.41, 5.74) is 3.14. The summed E-state index contributed by atoms with van der Waals surface area (Å²) >= 11 is 0. The van der Waals surface area contributed by atoms with Gasteiger partial charge >= 0.3 is 0 Å². The second-order valence-electron chi connectivity index (χ2n) is 9.36. The number of piperazine rings is 1. The van der Waals surface area contributed by atoms with Crippen molar-refractivity contribution < 1.29 is 9.59 Å². The number of carbonyl (C=O) groups is 2. The third-order valence-electron chi connectivity index (χ3n) is 5.34. The fourth-order valence-electron chi connectivity index (χ4n) is 3.57. The summed E-state index contributed by atoms with van der Waals surface area (Å²) in [5.74, 6) is -0.288. The Morgan fingerprint density at radius 2 is 1.45 bits per heavy atom. The summed E-state index contributed by atoms with van der Waals surface area (Å²) in [6.07, 6.45) is 0. The Balaban J connectivity index is 1.53. The molecule has 2 N–H and O–H groups in total. The van der Waals surface area contributed by atoms with Crippen LogP contribution in [0, 0.1) is 0 Å². The maximum Gasteiger partial charge on any atom is 0.251 e. The first-order chi connectivity index (χ1) is 14.7. The Labute approximate surface area is 185 Å². The Bertz CT molecular complexity index is 894. The number of hydrogen-bond donors (Lipinski definition) is 2. The van der Waals surface area contributed by atoms with E-state index in [1.54, 1.807) is 24.3 Å². The van der Waals surface area contributed by atoms with E-state index in [-0.39, 0.29) is 17.4 Å². The number of rotatable bonds is 6. The minimum atomic E-state index is -0.300. The van der Waals surface area contributed by atoms with E-state index in [0.29, 0.717) is 17.7 Å². The molecule has 0 bridgehead atoms. The summed E-state index contributed by atoms with van der Waals surface area (Å²) in [5, 5.41) is 5.90. The van der Waals surface area contributed by atoms with Crippen molar-refractivity contribution in [2.24, 2.45) is 0 Å². The van der Waals surface area contributed by atoms with Crippen LogP contribution in [0.25, 0.3) is 0 Å². The van der Waals surface area contributed by atoms with Crippen LogP contribution in [-0.2, 0) is 13.1 Å². The van der Waals surface area contributed by atoms with Crippen molar-refractivity contribution in [3.63, 3.8) is 0 Å². The van der Waals surface area contributed by atoms with Gasteiger partial charge in [0, 0.05) is 55.9 Å². The molecule has 0 aromatic heterocycles. The molecule has 0 atom stereocenters. The zero-order valence-corrected chi connectivity index (χ0v) is 19.1. The molecule has 1 fully saturated rings. The number of carbonyl (C=O) groups excluding carboxylic acids is 2. The van der Waals surface area contributed by atoms with Crippen molar-refractivity contribution in [1.29, 1.82) is 0 Å². The van der Waals surface area contributed by atoms with Crippen LogP contribution >= 0.6 is 0 Å². The van der Waals surface area contributed by atoms with E-state index < -0.39 is 0 Å². The molecule has 1 saturated heterocycles. The molecule has 2 amide bonds. The van der Waals surface area contributed by atoms with Gasteiger partial charge in [0.2, 0.25) is 0 Å². The van der Waals surface area contributed by atoms with Crippen LogP contribution in [0.5, 0.6) is 0 Å². The van der Waals surface area contributed by atoms with Gasteiger partial charge in [-0.15, -0.1) is 0 Å². The van der Waals surface area contributed by atoms with Gasteiger partial charge in [0.1, 0.15) is 0 Å². The fraction of sp³-hybridized carbons (Fsp3) is 0.440. The molecule has 1 heterocycles. The van der Waals surface area contributed by atoms with Gasteiger partial charge in [-0.1, -0.05) is 24.3 Å². The highest BCUT2D eigenvalue weighted by atomic mass is 16.2. The zero-order valence-electron chi connectivity index (χ0n) is 19.1. The van der Waals surface area contributed by atoms with Crippen LogP contribution in [0.1, 0.15) is 52.6 Å². The monoisotopic (exact) mass is 422 g/mol. The molecule has 166 valence electrons. The predicted molar refractivity (Wildman–Crippen MR) is 124 cm³/mol. The molecule has 2 aromatic carbocycles. The smallest absolute Gasteiger partial charge is 0.251 e. The van der Waals surface area contributed by atoms with Gasteiger partial charge in [0.15, 0.2) is 0 Å². The molecule has 6 heteroatoms. The van der Waals surface area contributed by atoms with E-state index in [4.69, 9.17) is 0 Å². The first-order valence-electron chi connectivity index (χ1n) is 10.9. The van der Waals surface area contributed by atoms with E-state index >= 15 is 0 Å². The van der Waals surface area contributed by atoms with Gasteiger partial charge in [-0.05, 0) is 63.2 Å². The minimum absolute atomic E-state index is 0.142. The molecular weight excluding hydrogens is 388 g/mol. The number of nitrogens with zero attached hydrogens (tertiary/aromatic N) is 2. The minimum Gasteiger partial charge on any atom is -0.348 e. The maximum atomic E-state index is 12.5. The molecule has 6 nitrogen and oxygen atoms in total. The van der Waals surface area contributed by atoms with Crippen molar-refractivity contribution in [3.05, 3.63) is 70.8 Å². The van der Waals surface area contributed by atoms with Crippen LogP contribution in [0.4, 0.5) is 0 Å². The van der Waals surface area contributed by atoms with Crippen LogP contribution in [0.2, 0.25) is 0 Å². The lowest BCUT2D eigenvalue weighted by molar-refractivity contribution is 0.0915. The van der Waals surface area contributed by atoms with Crippen molar-refractivity contribution >= 4 is 11.8 Å². The van der Waals surface area contributed by atoms with E-state index in [1.807, 2.05) is 26.8 Å². The molecule has 0 spiro atoms. The van der Waals surface area contributed by atoms with Gasteiger partial charge < -0.3 is 15.5 Å². The summed E-state index contributed by atoms with van der Waals surface area (Å²) in [6.45, 7) is 11.6. The first-order valence-corrected chi connectivity index (χ1v) is 10.9. The quantitative estimate of drug-likeness (QED) is 0.751. The third-order valence-corrected chi connectivity index (χ3v) is 5.34. The van der Waals surface area contributed by atoms with E-state index in [9.17, 15) is 9.59 Å². The number of likely N-dealkylation sites (N-methyl/N-ethyl adjacent to an activating group) is 1. The van der Waals surface area contributed by atoms with Crippen molar-refractivity contribution in [2.45, 2.75) is 39.4 Å². The average molecular weight is 423 g/mol. The first kappa shape index (κ1) is 23.0. The SMILES string of the molecule is CN1CCN(Cc2cccc(CNC(=O)c3ccc(C(=O)NC(C)(C)C)cc3)c2)CC1. The van der Waals surface area contributed by atoms with Gasteiger partial charge in [-0.25, -0.2) is 0 Å². The molecule has 31 heavy (non-hydrogen) atoms. The molecule has 2 aromatic rings. The molecule has 0 aliphatic carbocycles. The summed E-state index contributed by atoms with van der Waals surface area (Å²) < 4.78 is 0.